The first-order chi connectivity index (χ1) is 11.1. The molecular weight excluding hydrogens is 282 g/mol. The van der Waals surface area contributed by atoms with Crippen LogP contribution in [0.3, 0.4) is 0 Å². The zero-order valence-electron chi connectivity index (χ0n) is 16.6. The van der Waals surface area contributed by atoms with E-state index < -0.39 is 0 Å². The van der Waals surface area contributed by atoms with Crippen LogP contribution in [0.5, 0.6) is 0 Å². The van der Waals surface area contributed by atoms with E-state index >= 15 is 0 Å². The summed E-state index contributed by atoms with van der Waals surface area (Å²) in [6.07, 6.45) is 21.4. The summed E-state index contributed by atoms with van der Waals surface area (Å²) in [5.41, 5.74) is 0. The number of aliphatic hydroxyl groups excluding tert-OH is 1. The lowest BCUT2D eigenvalue weighted by molar-refractivity contribution is -0.890. The second kappa shape index (κ2) is 16.8. The molecule has 0 aliphatic heterocycles. The predicted molar refractivity (Wildman–Crippen MR) is 104 cm³/mol. The fraction of sp³-hybridized carbons (Fsp3) is 1.00. The van der Waals surface area contributed by atoms with Crippen molar-refractivity contribution in [2.24, 2.45) is 0 Å². The molecule has 0 spiro atoms. The lowest BCUT2D eigenvalue weighted by atomic mass is 10.0. The molecule has 0 aromatic carbocycles. The van der Waals surface area contributed by atoms with Crippen LogP contribution >= 0.6 is 0 Å². The van der Waals surface area contributed by atoms with Crippen molar-refractivity contribution < 1.29 is 9.59 Å². The van der Waals surface area contributed by atoms with Crippen molar-refractivity contribution >= 4 is 0 Å². The summed E-state index contributed by atoms with van der Waals surface area (Å²) >= 11 is 0. The van der Waals surface area contributed by atoms with Gasteiger partial charge in [0.15, 0.2) is 0 Å². The van der Waals surface area contributed by atoms with Gasteiger partial charge in [0, 0.05) is 0 Å². The minimum atomic E-state index is 0.311. The number of hydrogen-bond acceptors (Lipinski definition) is 1. The molecule has 0 heterocycles. The van der Waals surface area contributed by atoms with Crippen LogP contribution in [-0.4, -0.2) is 43.4 Å². The quantitative estimate of drug-likeness (QED) is 0.244. The summed E-state index contributed by atoms with van der Waals surface area (Å²) in [5, 5.41) is 9.01. The van der Waals surface area contributed by atoms with E-state index in [0.717, 1.165) is 11.0 Å². The molecule has 0 aromatic heterocycles. The van der Waals surface area contributed by atoms with E-state index in [2.05, 4.69) is 21.0 Å². The van der Waals surface area contributed by atoms with Gasteiger partial charge in [0.25, 0.3) is 0 Å². The summed E-state index contributed by atoms with van der Waals surface area (Å²) in [5.74, 6) is 0. The van der Waals surface area contributed by atoms with E-state index in [9.17, 15) is 0 Å². The number of nitrogens with zero attached hydrogens (tertiary/aromatic N) is 1. The van der Waals surface area contributed by atoms with Crippen LogP contribution in [-0.2, 0) is 0 Å². The van der Waals surface area contributed by atoms with Gasteiger partial charge in [0.1, 0.15) is 6.54 Å². The molecule has 0 amide bonds. The Labute approximate surface area is 147 Å². The second-order valence-electron chi connectivity index (χ2n) is 8.06. The molecule has 140 valence electrons. The third kappa shape index (κ3) is 18.1. The van der Waals surface area contributed by atoms with E-state index in [0.29, 0.717) is 6.61 Å². The molecule has 0 unspecified atom stereocenters. The predicted octanol–water partition coefficient (Wildman–Crippen LogP) is 5.93. The van der Waals surface area contributed by atoms with Gasteiger partial charge in [0.05, 0.1) is 27.2 Å². The number of aliphatic hydroxyl groups is 1. The summed E-state index contributed by atoms with van der Waals surface area (Å²) < 4.78 is 0.967. The molecule has 0 saturated carbocycles. The molecule has 0 fully saturated rings. The molecule has 0 rings (SSSR count). The highest BCUT2D eigenvalue weighted by Gasteiger charge is 2.12. The van der Waals surface area contributed by atoms with E-state index in [1.807, 2.05) is 0 Å². The van der Waals surface area contributed by atoms with Gasteiger partial charge in [-0.1, -0.05) is 90.4 Å². The van der Waals surface area contributed by atoms with E-state index in [1.165, 1.54) is 103 Å². The van der Waals surface area contributed by atoms with Crippen molar-refractivity contribution in [3.63, 3.8) is 0 Å². The fourth-order valence-electron chi connectivity index (χ4n) is 3.29. The van der Waals surface area contributed by atoms with Gasteiger partial charge in [-0.05, 0) is 12.8 Å². The standard InChI is InChI=1S/C21H46NO/c1-4-5-6-7-8-9-10-11-12-13-14-15-16-17-18-19-22(2,3)20-21-23/h23H,4-21H2,1-3H3/q+1. The van der Waals surface area contributed by atoms with Crippen LogP contribution in [0.25, 0.3) is 0 Å². The van der Waals surface area contributed by atoms with Crippen molar-refractivity contribution in [2.75, 3.05) is 33.8 Å². The van der Waals surface area contributed by atoms with E-state index in [-0.39, 0.29) is 0 Å². The molecule has 0 aliphatic rings. The highest BCUT2D eigenvalue weighted by Crippen LogP contribution is 2.13. The third-order valence-corrected chi connectivity index (χ3v) is 5.07. The number of rotatable bonds is 18. The van der Waals surface area contributed by atoms with Crippen molar-refractivity contribution in [3.05, 3.63) is 0 Å². The Balaban J connectivity index is 3.11. The van der Waals surface area contributed by atoms with Gasteiger partial charge in [-0.2, -0.15) is 0 Å². The number of likely N-dealkylation sites (N-methyl/N-ethyl adjacent to an activating group) is 1. The second-order valence-corrected chi connectivity index (χ2v) is 8.06. The van der Waals surface area contributed by atoms with Gasteiger partial charge in [-0.15, -0.1) is 0 Å². The summed E-state index contributed by atoms with van der Waals surface area (Å²) in [6.45, 7) is 4.69. The van der Waals surface area contributed by atoms with Crippen molar-refractivity contribution in [1.82, 2.24) is 0 Å². The lowest BCUT2D eigenvalue weighted by Crippen LogP contribution is -2.42. The first kappa shape index (κ1) is 22.9. The first-order valence-corrected chi connectivity index (χ1v) is 10.6. The van der Waals surface area contributed by atoms with Crippen LogP contribution in [0, 0.1) is 0 Å². The van der Waals surface area contributed by atoms with E-state index in [1.54, 1.807) is 0 Å². The summed E-state index contributed by atoms with van der Waals surface area (Å²) in [6, 6.07) is 0. The molecule has 0 aromatic rings. The van der Waals surface area contributed by atoms with Crippen molar-refractivity contribution in [1.29, 1.82) is 0 Å². The highest BCUT2D eigenvalue weighted by atomic mass is 16.3. The highest BCUT2D eigenvalue weighted by molar-refractivity contribution is 4.49. The Morgan fingerprint density at radius 2 is 0.870 bits per heavy atom. The van der Waals surface area contributed by atoms with Gasteiger partial charge >= 0.3 is 0 Å². The van der Waals surface area contributed by atoms with Gasteiger partial charge in [0.2, 0.25) is 0 Å². The Morgan fingerprint density at radius 1 is 0.522 bits per heavy atom. The average Bonchev–Trinajstić information content (AvgIpc) is 2.51. The van der Waals surface area contributed by atoms with Crippen molar-refractivity contribution in [2.45, 2.75) is 103 Å². The molecule has 0 saturated heterocycles. The number of quaternary nitrogens is 1. The summed E-state index contributed by atoms with van der Waals surface area (Å²) in [4.78, 5) is 0. The topological polar surface area (TPSA) is 20.2 Å². The Hall–Kier alpha value is -0.0800. The minimum absolute atomic E-state index is 0.311. The van der Waals surface area contributed by atoms with Crippen molar-refractivity contribution in [3.8, 4) is 0 Å². The molecule has 23 heavy (non-hydrogen) atoms. The van der Waals surface area contributed by atoms with Crippen LogP contribution in [0.1, 0.15) is 103 Å². The smallest absolute Gasteiger partial charge is 0.102 e. The first-order valence-electron chi connectivity index (χ1n) is 10.6. The Morgan fingerprint density at radius 3 is 1.22 bits per heavy atom. The van der Waals surface area contributed by atoms with Gasteiger partial charge in [-0.3, -0.25) is 0 Å². The molecule has 0 bridgehead atoms. The number of unbranched alkanes of at least 4 members (excludes halogenated alkanes) is 14. The van der Waals surface area contributed by atoms with E-state index in [4.69, 9.17) is 5.11 Å². The SMILES string of the molecule is CCCCCCCCCCCCCCCCC[N+](C)(C)CCO. The number of hydrogen-bond donors (Lipinski definition) is 1. The van der Waals surface area contributed by atoms with Crippen LogP contribution in [0.15, 0.2) is 0 Å². The zero-order chi connectivity index (χ0) is 17.2. The van der Waals surface area contributed by atoms with Crippen LogP contribution < -0.4 is 0 Å². The minimum Gasteiger partial charge on any atom is -0.391 e. The normalized spacial score (nSPS) is 12.0. The fourth-order valence-corrected chi connectivity index (χ4v) is 3.29. The molecule has 0 atom stereocenters. The maximum Gasteiger partial charge on any atom is 0.102 e. The molecule has 1 N–H and O–H groups in total. The monoisotopic (exact) mass is 328 g/mol. The maximum atomic E-state index is 9.01. The Kier molecular flexibility index (Phi) is 16.7. The maximum absolute atomic E-state index is 9.01. The van der Waals surface area contributed by atoms with Crippen LogP contribution in [0.4, 0.5) is 0 Å². The Bertz CT molecular complexity index is 228. The average molecular weight is 329 g/mol. The molecule has 2 nitrogen and oxygen atoms in total. The summed E-state index contributed by atoms with van der Waals surface area (Å²) in [7, 11) is 4.44. The zero-order valence-corrected chi connectivity index (χ0v) is 16.6. The molecule has 0 aliphatic carbocycles. The lowest BCUT2D eigenvalue weighted by Gasteiger charge is -2.28. The van der Waals surface area contributed by atoms with Gasteiger partial charge in [-0.25, -0.2) is 0 Å². The molecule has 0 radical (unpaired) electrons. The third-order valence-electron chi connectivity index (χ3n) is 5.07. The molecule has 2 heteroatoms. The van der Waals surface area contributed by atoms with Gasteiger partial charge < -0.3 is 9.59 Å². The largest absolute Gasteiger partial charge is 0.391 e. The molecular formula is C21H46NO+. The van der Waals surface area contributed by atoms with Crippen LogP contribution in [0.2, 0.25) is 0 Å².